The lowest BCUT2D eigenvalue weighted by Gasteiger charge is -2.15. The van der Waals surface area contributed by atoms with Crippen LogP contribution in [-0.2, 0) is 0 Å². The first-order valence-corrected chi connectivity index (χ1v) is 31.3. The van der Waals surface area contributed by atoms with Crippen molar-refractivity contribution in [2.24, 2.45) is 0 Å². The normalized spacial score (nSPS) is 11.5. The molecule has 0 fully saturated rings. The van der Waals surface area contributed by atoms with Gasteiger partial charge in [-0.25, -0.2) is 9.97 Å². The molecule has 0 saturated carbocycles. The molecule has 4 heterocycles. The first kappa shape index (κ1) is 54.0. The Morgan fingerprint density at radius 1 is 0.152 bits per heavy atom. The van der Waals surface area contributed by atoms with Gasteiger partial charge in [0.25, 0.3) is 0 Å². The van der Waals surface area contributed by atoms with Crippen LogP contribution in [0.3, 0.4) is 0 Å². The van der Waals surface area contributed by atoms with E-state index in [0.717, 1.165) is 72.3 Å². The van der Waals surface area contributed by atoms with Gasteiger partial charge in [0.05, 0.1) is 22.4 Å². The maximum atomic E-state index is 5.46. The summed E-state index contributed by atoms with van der Waals surface area (Å²) in [6, 6.07) is 113. The first-order chi connectivity index (χ1) is 45.6. The van der Waals surface area contributed by atoms with E-state index >= 15 is 0 Å². The van der Waals surface area contributed by atoms with E-state index < -0.39 is 0 Å². The molecule has 0 aliphatic rings. The molecule has 4 nitrogen and oxygen atoms in total. The Kier molecular flexibility index (Phi) is 13.5. The Hall–Kier alpha value is -12.2. The zero-order chi connectivity index (χ0) is 60.9. The zero-order valence-electron chi connectivity index (χ0n) is 50.1. The average molecular weight is 1170 g/mol. The summed E-state index contributed by atoms with van der Waals surface area (Å²) in [5.74, 6) is 0. The molecule has 0 N–H and O–H groups in total. The molecule has 0 radical (unpaired) electrons. The summed E-state index contributed by atoms with van der Waals surface area (Å²) in [7, 11) is 0. The number of benzene rings is 14. The molecule has 0 aliphatic heterocycles. The van der Waals surface area contributed by atoms with Crippen molar-refractivity contribution >= 4 is 86.4 Å². The van der Waals surface area contributed by atoms with Crippen LogP contribution in [0.5, 0.6) is 0 Å². The summed E-state index contributed by atoms with van der Waals surface area (Å²) in [6.45, 7) is 0. The van der Waals surface area contributed by atoms with Gasteiger partial charge in [0.2, 0.25) is 0 Å². The van der Waals surface area contributed by atoms with Crippen molar-refractivity contribution in [2.75, 3.05) is 0 Å². The highest BCUT2D eigenvalue weighted by atomic mass is 14.7. The Balaban J connectivity index is 0.000000141. The molecule has 0 bridgehead atoms. The van der Waals surface area contributed by atoms with Gasteiger partial charge in [0.15, 0.2) is 0 Å². The summed E-state index contributed by atoms with van der Waals surface area (Å²) >= 11 is 0. The van der Waals surface area contributed by atoms with Crippen LogP contribution >= 0.6 is 0 Å². The van der Waals surface area contributed by atoms with Crippen LogP contribution in [0.1, 0.15) is 0 Å². The SMILES string of the molecule is c1ccc(-c2cc(-c3ccccc3)cc(-c3ccc(-c4nc5c6ccccc6c6ccccc6c5c5ccccc45)cc3)c2)cc1.c1ccc2c(c1)c(-c1ccc(-c3cc(-c4ccncc4)cc(-c4ccncc4)c3)cc1)nc1c3ccccc3c3ccccc3c21. The van der Waals surface area contributed by atoms with E-state index in [1.54, 1.807) is 0 Å². The Labute approximate surface area is 532 Å². The van der Waals surface area contributed by atoms with E-state index in [1.807, 2.05) is 24.8 Å². The molecule has 18 aromatic rings. The van der Waals surface area contributed by atoms with Crippen LogP contribution in [0.2, 0.25) is 0 Å². The van der Waals surface area contributed by atoms with E-state index in [2.05, 4.69) is 325 Å². The van der Waals surface area contributed by atoms with Crippen molar-refractivity contribution in [1.29, 1.82) is 0 Å². The van der Waals surface area contributed by atoms with Gasteiger partial charge in [-0.15, -0.1) is 0 Å². The largest absolute Gasteiger partial charge is 0.265 e. The van der Waals surface area contributed by atoms with Crippen LogP contribution in [0.25, 0.3) is 176 Å². The molecule has 4 aromatic heterocycles. The van der Waals surface area contributed by atoms with Gasteiger partial charge in [-0.3, -0.25) is 9.97 Å². The van der Waals surface area contributed by atoms with E-state index in [0.29, 0.717) is 0 Å². The predicted octanol–water partition coefficient (Wildman–Crippen LogP) is 23.5. The van der Waals surface area contributed by atoms with Crippen molar-refractivity contribution in [3.8, 4) is 89.3 Å². The molecule has 0 unspecified atom stereocenters. The topological polar surface area (TPSA) is 51.6 Å². The van der Waals surface area contributed by atoms with Crippen LogP contribution < -0.4 is 0 Å². The highest BCUT2D eigenvalue weighted by Crippen LogP contribution is 2.44. The summed E-state index contributed by atoms with van der Waals surface area (Å²) in [4.78, 5) is 19.4. The van der Waals surface area contributed by atoms with Gasteiger partial charge in [-0.2, -0.15) is 0 Å². The molecular weight excluding hydrogens is 1110 g/mol. The number of hydrogen-bond donors (Lipinski definition) is 0. The second-order valence-corrected chi connectivity index (χ2v) is 23.6. The second-order valence-electron chi connectivity index (χ2n) is 23.6. The average Bonchev–Trinajstić information content (AvgIpc) is 0.738. The Morgan fingerprint density at radius 3 is 0.685 bits per heavy atom. The Bertz CT molecular complexity index is 5350. The van der Waals surface area contributed by atoms with Crippen LogP contribution in [0.15, 0.2) is 340 Å². The van der Waals surface area contributed by atoms with Crippen LogP contribution in [0.4, 0.5) is 0 Å². The number of pyridine rings is 4. The maximum Gasteiger partial charge on any atom is 0.0800 e. The number of fused-ring (bicyclic) bond motifs is 16. The van der Waals surface area contributed by atoms with Gasteiger partial charge in [-0.05, 0) is 171 Å². The molecule has 18 rings (SSSR count). The fourth-order valence-electron chi connectivity index (χ4n) is 13.9. The minimum atomic E-state index is 0.998. The highest BCUT2D eigenvalue weighted by molar-refractivity contribution is 6.32. The van der Waals surface area contributed by atoms with Crippen molar-refractivity contribution in [1.82, 2.24) is 19.9 Å². The summed E-state index contributed by atoms with van der Waals surface area (Å²) in [5, 5.41) is 17.0. The molecule has 92 heavy (non-hydrogen) atoms. The summed E-state index contributed by atoms with van der Waals surface area (Å²) in [6.07, 6.45) is 7.37. The maximum absolute atomic E-state index is 5.46. The quantitative estimate of drug-likeness (QED) is 0.142. The molecule has 0 aliphatic carbocycles. The molecule has 0 saturated heterocycles. The van der Waals surface area contributed by atoms with E-state index in [-0.39, 0.29) is 0 Å². The third kappa shape index (κ3) is 9.66. The van der Waals surface area contributed by atoms with Crippen LogP contribution in [0, 0.1) is 0 Å². The second kappa shape index (κ2) is 23.0. The van der Waals surface area contributed by atoms with Crippen molar-refractivity contribution in [3.05, 3.63) is 340 Å². The summed E-state index contributed by atoms with van der Waals surface area (Å²) in [5.41, 5.74) is 20.4. The third-order valence-corrected chi connectivity index (χ3v) is 18.3. The number of hydrogen-bond acceptors (Lipinski definition) is 4. The van der Waals surface area contributed by atoms with Crippen molar-refractivity contribution < 1.29 is 0 Å². The third-order valence-electron chi connectivity index (χ3n) is 18.3. The molecule has 14 aromatic carbocycles. The van der Waals surface area contributed by atoms with E-state index in [4.69, 9.17) is 9.97 Å². The molecular formula is C88H56N4. The molecule has 4 heteroatoms. The number of rotatable bonds is 8. The number of aromatic nitrogens is 4. The standard InChI is InChI=1S/C45H29N.C43H27N3/c1-3-13-30(14-4-1)34-27-35(31-15-5-2-6-16-31)29-36(28-34)32-23-25-33(26-24-32)44-42-22-12-10-20-40(42)43-39-19-9-7-17-37(39)38-18-8-11-21-41(38)45(43)46-44;1-3-9-37-35(7-1)36-8-2-5-11-39(36)43-41(37)38-10-4-6-12-40(38)42(46-43)31-15-13-28(14-16-31)32-25-33(29-17-21-44-22-18-29)27-34(26-32)30-19-23-45-24-20-30/h1-29H;1-27H. The fourth-order valence-corrected chi connectivity index (χ4v) is 13.9. The van der Waals surface area contributed by atoms with Crippen molar-refractivity contribution in [2.45, 2.75) is 0 Å². The highest BCUT2D eigenvalue weighted by Gasteiger charge is 2.20. The lowest BCUT2D eigenvalue weighted by molar-refractivity contribution is 1.33. The van der Waals surface area contributed by atoms with Gasteiger partial charge in [0.1, 0.15) is 0 Å². The lowest BCUT2D eigenvalue weighted by Crippen LogP contribution is -1.93. The number of nitrogens with zero attached hydrogens (tertiary/aromatic N) is 4. The molecule has 0 atom stereocenters. The van der Waals surface area contributed by atoms with Gasteiger partial charge in [-0.1, -0.05) is 255 Å². The van der Waals surface area contributed by atoms with Gasteiger partial charge in [0, 0.05) is 68.2 Å². The van der Waals surface area contributed by atoms with Crippen LogP contribution in [-0.4, -0.2) is 19.9 Å². The molecule has 428 valence electrons. The van der Waals surface area contributed by atoms with Gasteiger partial charge >= 0.3 is 0 Å². The minimum absolute atomic E-state index is 0.998. The summed E-state index contributed by atoms with van der Waals surface area (Å²) < 4.78 is 0. The lowest BCUT2D eigenvalue weighted by atomic mass is 9.91. The Morgan fingerprint density at radius 2 is 0.370 bits per heavy atom. The zero-order valence-corrected chi connectivity index (χ0v) is 50.1. The smallest absolute Gasteiger partial charge is 0.0800 e. The predicted molar refractivity (Wildman–Crippen MR) is 388 cm³/mol. The van der Waals surface area contributed by atoms with E-state index in [1.165, 1.54) is 103 Å². The monoisotopic (exact) mass is 1170 g/mol. The first-order valence-electron chi connectivity index (χ1n) is 31.3. The fraction of sp³-hybridized carbons (Fsp3) is 0. The minimum Gasteiger partial charge on any atom is -0.265 e. The van der Waals surface area contributed by atoms with Gasteiger partial charge < -0.3 is 0 Å². The van der Waals surface area contributed by atoms with E-state index in [9.17, 15) is 0 Å². The molecule has 0 spiro atoms. The molecule has 0 amide bonds. The van der Waals surface area contributed by atoms with Crippen molar-refractivity contribution in [3.63, 3.8) is 0 Å².